The molecule has 0 saturated carbocycles. The van der Waals surface area contributed by atoms with E-state index in [1.807, 2.05) is 51.3 Å². The van der Waals surface area contributed by atoms with Gasteiger partial charge in [-0.05, 0) is 113 Å². The Kier molecular flexibility index (Phi) is 17.9. The van der Waals surface area contributed by atoms with Crippen LogP contribution in [0, 0.1) is 16.7 Å². The first kappa shape index (κ1) is 46.0. The number of amides is 1. The van der Waals surface area contributed by atoms with Crippen molar-refractivity contribution in [1.29, 1.82) is 10.8 Å². The predicted octanol–water partition coefficient (Wildman–Crippen LogP) is 5.21. The van der Waals surface area contributed by atoms with Gasteiger partial charge in [0.25, 0.3) is 11.6 Å². The second-order valence-electron chi connectivity index (χ2n) is 16.9. The van der Waals surface area contributed by atoms with Crippen LogP contribution in [0.5, 0.6) is 0 Å². The van der Waals surface area contributed by atoms with Crippen molar-refractivity contribution in [1.82, 2.24) is 24.7 Å². The average molecular weight is 788 g/mol. The molecule has 0 unspecified atom stereocenters. The Bertz CT molecular complexity index is 1490. The summed E-state index contributed by atoms with van der Waals surface area (Å²) < 4.78 is 15.7. The van der Waals surface area contributed by atoms with Gasteiger partial charge in [0.05, 0.1) is 12.3 Å². The normalized spacial score (nSPS) is 18.4. The molecule has 0 spiro atoms. The number of carbonyl (C=O) groups excluding carboxylic acids is 3. The zero-order chi connectivity index (χ0) is 41.5. The van der Waals surface area contributed by atoms with E-state index >= 15 is 0 Å². The molecule has 0 aliphatic carbocycles. The van der Waals surface area contributed by atoms with E-state index in [1.165, 1.54) is 25.7 Å². The number of hydrogen-bond acceptors (Lipinski definition) is 11. The molecule has 316 valence electrons. The van der Waals surface area contributed by atoms with Gasteiger partial charge in [-0.1, -0.05) is 0 Å². The maximum atomic E-state index is 12.1. The van der Waals surface area contributed by atoms with Crippen LogP contribution in [0.15, 0.2) is 10.9 Å². The lowest BCUT2D eigenvalue weighted by Gasteiger charge is -2.35. The molecule has 1 amide bonds. The second-order valence-corrected chi connectivity index (χ2v) is 16.9. The van der Waals surface area contributed by atoms with Crippen LogP contribution in [-0.2, 0) is 23.8 Å². The number of carbonyl (C=O) groups is 3. The summed E-state index contributed by atoms with van der Waals surface area (Å²) in [7, 11) is 0. The molecular formula is C40H69N9O7. The highest BCUT2D eigenvalue weighted by Gasteiger charge is 2.31. The summed E-state index contributed by atoms with van der Waals surface area (Å²) in [6, 6.07) is 1.88. The molecule has 16 heteroatoms. The SMILES string of the molecule is CC(C)(C)OC(=N)N1CCC(c2cc(=O)[nH]c(N3CCCCC3)n2)CC1.CCOC(=O)CC(=O)C1CCN(C(=O)OC(C)(C)C)CC1.N=C(N)N1CCCCC1. The molecule has 16 nitrogen and oxygen atoms in total. The summed E-state index contributed by atoms with van der Waals surface area (Å²) in [6.07, 6.45) is 9.62. The second kappa shape index (κ2) is 21.8. The number of hydrogen-bond donors (Lipinski definition) is 4. The summed E-state index contributed by atoms with van der Waals surface area (Å²) in [6.45, 7) is 19.7. The van der Waals surface area contributed by atoms with Crippen molar-refractivity contribution in [3.8, 4) is 0 Å². The number of guanidine groups is 1. The van der Waals surface area contributed by atoms with Gasteiger partial charge in [-0.15, -0.1) is 0 Å². The van der Waals surface area contributed by atoms with Crippen LogP contribution in [0.25, 0.3) is 0 Å². The fourth-order valence-electron chi connectivity index (χ4n) is 7.00. The van der Waals surface area contributed by atoms with Crippen LogP contribution in [0.2, 0.25) is 0 Å². The van der Waals surface area contributed by atoms with E-state index in [2.05, 4.69) is 9.88 Å². The number of anilines is 1. The lowest BCUT2D eigenvalue weighted by molar-refractivity contribution is -0.146. The number of ether oxygens (including phenoxy) is 3. The highest BCUT2D eigenvalue weighted by atomic mass is 16.6. The number of piperidine rings is 4. The third-order valence-corrected chi connectivity index (χ3v) is 9.93. The molecule has 56 heavy (non-hydrogen) atoms. The van der Waals surface area contributed by atoms with Gasteiger partial charge in [0.2, 0.25) is 5.95 Å². The van der Waals surface area contributed by atoms with Crippen LogP contribution in [-0.4, -0.2) is 125 Å². The Labute approximate surface area is 333 Å². The highest BCUT2D eigenvalue weighted by molar-refractivity contribution is 5.96. The van der Waals surface area contributed by atoms with Crippen LogP contribution in [0.3, 0.4) is 0 Å². The van der Waals surface area contributed by atoms with Crippen molar-refractivity contribution in [2.24, 2.45) is 11.7 Å². The zero-order valence-electron chi connectivity index (χ0n) is 35.0. The fourth-order valence-corrected chi connectivity index (χ4v) is 7.00. The van der Waals surface area contributed by atoms with Crippen molar-refractivity contribution in [3.05, 3.63) is 22.1 Å². The number of Topliss-reactive ketones (excluding diaryl/α,β-unsaturated/α-hetero) is 1. The maximum absolute atomic E-state index is 12.1. The molecule has 0 atom stereocenters. The molecule has 4 aliphatic heterocycles. The van der Waals surface area contributed by atoms with Gasteiger partial charge in [-0.25, -0.2) is 9.78 Å². The Morgan fingerprint density at radius 1 is 0.786 bits per heavy atom. The lowest BCUT2D eigenvalue weighted by atomic mass is 9.91. The molecule has 4 aliphatic rings. The summed E-state index contributed by atoms with van der Waals surface area (Å²) in [4.78, 5) is 62.7. The number of aromatic nitrogens is 2. The molecule has 0 aromatic carbocycles. The summed E-state index contributed by atoms with van der Waals surface area (Å²) in [5.74, 6) is 0.468. The maximum Gasteiger partial charge on any atom is 0.410 e. The van der Waals surface area contributed by atoms with Gasteiger partial charge < -0.3 is 39.5 Å². The van der Waals surface area contributed by atoms with Crippen molar-refractivity contribution in [2.45, 2.75) is 136 Å². The van der Waals surface area contributed by atoms with Gasteiger partial charge >= 0.3 is 12.1 Å². The molecule has 5 heterocycles. The van der Waals surface area contributed by atoms with E-state index in [0.29, 0.717) is 25.9 Å². The minimum atomic E-state index is -0.520. The monoisotopic (exact) mass is 788 g/mol. The minimum absolute atomic E-state index is 0.0678. The smallest absolute Gasteiger partial charge is 0.410 e. The number of rotatable bonds is 6. The molecule has 1 aromatic rings. The predicted molar refractivity (Wildman–Crippen MR) is 217 cm³/mol. The van der Waals surface area contributed by atoms with Crippen LogP contribution >= 0.6 is 0 Å². The Hall–Kier alpha value is -4.37. The van der Waals surface area contributed by atoms with E-state index in [-0.39, 0.29) is 59.9 Å². The molecule has 1 aromatic heterocycles. The van der Waals surface area contributed by atoms with E-state index < -0.39 is 11.6 Å². The standard InChI is InChI=1S/C19H31N5O2.C15H25NO5.C6H13N3/c1-19(2,3)26-17(20)23-11-7-14(8-12-23)15-13-16(25)22-18(21-15)24-9-5-4-6-10-24;1-5-20-13(18)10-12(17)11-6-8-16(9-7-11)14(19)21-15(2,3)4;7-6(8)9-4-2-1-3-5-9/h13-14,20H,4-12H2,1-3H3,(H,21,22,25);11H,5-10H2,1-4H3;1-5H2,(H3,7,8). The van der Waals surface area contributed by atoms with Gasteiger partial charge in [0.15, 0.2) is 5.96 Å². The number of esters is 1. The first-order valence-corrected chi connectivity index (χ1v) is 20.5. The lowest BCUT2D eigenvalue weighted by Crippen LogP contribution is -2.43. The highest BCUT2D eigenvalue weighted by Crippen LogP contribution is 2.28. The summed E-state index contributed by atoms with van der Waals surface area (Å²) in [5, 5.41) is 15.2. The number of nitrogens with zero attached hydrogens (tertiary/aromatic N) is 5. The van der Waals surface area contributed by atoms with Crippen LogP contribution in [0.4, 0.5) is 10.7 Å². The number of nitrogens with two attached hydrogens (primary N) is 1. The van der Waals surface area contributed by atoms with Crippen molar-refractivity contribution < 1.29 is 28.6 Å². The number of amidine groups is 1. The largest absolute Gasteiger partial charge is 0.466 e. The number of ketones is 1. The summed E-state index contributed by atoms with van der Waals surface area (Å²) in [5.41, 5.74) is 5.22. The van der Waals surface area contributed by atoms with Crippen molar-refractivity contribution in [3.63, 3.8) is 0 Å². The first-order valence-electron chi connectivity index (χ1n) is 20.5. The van der Waals surface area contributed by atoms with E-state index in [9.17, 15) is 19.2 Å². The Morgan fingerprint density at radius 3 is 1.82 bits per heavy atom. The molecular weight excluding hydrogens is 718 g/mol. The molecule has 0 bridgehead atoms. The molecule has 0 radical (unpaired) electrons. The Balaban J connectivity index is 0.000000250. The van der Waals surface area contributed by atoms with Crippen LogP contribution in [0.1, 0.15) is 131 Å². The van der Waals surface area contributed by atoms with Gasteiger partial charge in [0.1, 0.15) is 23.4 Å². The van der Waals surface area contributed by atoms with Gasteiger partial charge in [-0.3, -0.25) is 30.2 Å². The fraction of sp³-hybridized carbons (Fsp3) is 0.775. The van der Waals surface area contributed by atoms with Crippen molar-refractivity contribution in [2.75, 3.05) is 63.9 Å². The number of likely N-dealkylation sites (tertiary alicyclic amines) is 3. The minimum Gasteiger partial charge on any atom is -0.466 e. The third kappa shape index (κ3) is 16.4. The molecule has 4 fully saturated rings. The first-order chi connectivity index (χ1) is 26.3. The number of aromatic amines is 1. The average Bonchev–Trinajstić information content (AvgIpc) is 3.14. The van der Waals surface area contributed by atoms with E-state index in [4.69, 9.17) is 35.7 Å². The summed E-state index contributed by atoms with van der Waals surface area (Å²) >= 11 is 0. The number of H-pyrrole nitrogens is 1. The Morgan fingerprint density at radius 2 is 1.32 bits per heavy atom. The topological polar surface area (TPSA) is 211 Å². The number of nitrogens with one attached hydrogen (secondary N) is 3. The van der Waals surface area contributed by atoms with Crippen molar-refractivity contribution >= 4 is 35.8 Å². The van der Waals surface area contributed by atoms with E-state index in [1.54, 1.807) is 17.9 Å². The molecule has 5 rings (SSSR count). The molecule has 5 N–H and O–H groups in total. The van der Waals surface area contributed by atoms with Gasteiger partial charge in [0, 0.05) is 70.3 Å². The quantitative estimate of drug-likeness (QED) is 0.127. The molecule has 4 saturated heterocycles. The zero-order valence-corrected chi connectivity index (χ0v) is 35.0. The van der Waals surface area contributed by atoms with E-state index in [0.717, 1.165) is 76.6 Å². The van der Waals surface area contributed by atoms with Crippen LogP contribution < -0.4 is 16.2 Å². The van der Waals surface area contributed by atoms with Gasteiger partial charge in [-0.2, -0.15) is 0 Å². The third-order valence-electron chi connectivity index (χ3n) is 9.93.